The second kappa shape index (κ2) is 11.1. The van der Waals surface area contributed by atoms with Crippen LogP contribution < -0.4 is 9.80 Å². The van der Waals surface area contributed by atoms with Crippen molar-refractivity contribution in [2.45, 2.75) is 33.9 Å². The molecule has 7 rings (SSSR count). The number of β-lactam (4-membered cyclic amide) rings is 1. The van der Waals surface area contributed by atoms with Gasteiger partial charge in [0.2, 0.25) is 11.8 Å². The van der Waals surface area contributed by atoms with E-state index in [9.17, 15) is 9.59 Å². The van der Waals surface area contributed by atoms with Gasteiger partial charge in [0.25, 0.3) is 0 Å². The van der Waals surface area contributed by atoms with Gasteiger partial charge in [0.1, 0.15) is 6.17 Å². The van der Waals surface area contributed by atoms with Crippen molar-refractivity contribution in [3.63, 3.8) is 0 Å². The van der Waals surface area contributed by atoms with Crippen LogP contribution in [0.4, 0.5) is 22.7 Å². The molecule has 5 aromatic rings. The molecule has 0 spiro atoms. The lowest BCUT2D eigenvalue weighted by Crippen LogP contribution is -2.64. The zero-order chi connectivity index (χ0) is 32.7. The van der Waals surface area contributed by atoms with Gasteiger partial charge in [0, 0.05) is 35.8 Å². The van der Waals surface area contributed by atoms with Crippen molar-refractivity contribution in [2.24, 2.45) is 15.8 Å². The largest absolute Gasteiger partial charge is 0.315 e. The molecule has 4 aromatic carbocycles. The summed E-state index contributed by atoms with van der Waals surface area (Å²) < 4.78 is 4.02. The number of aromatic nitrogens is 1. The number of benzene rings is 4. The Morgan fingerprint density at radius 1 is 0.717 bits per heavy atom. The summed E-state index contributed by atoms with van der Waals surface area (Å²) in [6.07, 6.45) is -0.445. The van der Waals surface area contributed by atoms with Crippen LogP contribution in [-0.2, 0) is 9.59 Å². The maximum absolute atomic E-state index is 14.7. The van der Waals surface area contributed by atoms with Crippen LogP contribution in [0.5, 0.6) is 0 Å². The molecule has 2 aliphatic heterocycles. The third-order valence-corrected chi connectivity index (χ3v) is 10.4. The van der Waals surface area contributed by atoms with Gasteiger partial charge in [-0.1, -0.05) is 55.1 Å². The summed E-state index contributed by atoms with van der Waals surface area (Å²) in [5.41, 5.74) is 3.11. The van der Waals surface area contributed by atoms with Crippen molar-refractivity contribution in [1.82, 2.24) is 4.57 Å². The van der Waals surface area contributed by atoms with E-state index in [2.05, 4.69) is 36.4 Å². The standard InChI is InChI=1S/C36H28Br2Cl2N4O2/c1-35(2)31(41-24-12-5-20(37)6-13-24)30-29(42(33(35)45)25-16-9-22(39)10-17-25)27-19-23(40)11-18-28(27)44(30)32-36(3,4)34(46)43(32)26-14-7-21(38)8-15-26/h5-19,32H,1-4H3/t32-/m0/s1. The fraction of sp³-hybridized carbons (Fsp3) is 0.194. The van der Waals surface area contributed by atoms with E-state index in [0.717, 1.165) is 31.2 Å². The van der Waals surface area contributed by atoms with E-state index in [1.807, 2.05) is 111 Å². The van der Waals surface area contributed by atoms with Gasteiger partial charge in [-0.25, -0.2) is 0 Å². The normalized spacial score (nSPS) is 19.5. The SMILES string of the molecule is CC1(C)C(=O)N(c2ccc(Cl)cc2)c2c(n([C@@H]3N(c4ccc(Br)cc4)C(=O)C3(C)C)c3ccc(Cl)cc23)C1=Nc1ccc(Br)cc1. The molecule has 10 heteroatoms. The zero-order valence-corrected chi connectivity index (χ0v) is 30.0. The third-order valence-electron chi connectivity index (χ3n) is 8.88. The van der Waals surface area contributed by atoms with E-state index in [0.29, 0.717) is 32.8 Å². The summed E-state index contributed by atoms with van der Waals surface area (Å²) >= 11 is 20.0. The number of halogens is 4. The minimum Gasteiger partial charge on any atom is -0.315 e. The molecule has 1 fully saturated rings. The summed E-state index contributed by atoms with van der Waals surface area (Å²) in [5.74, 6) is -0.151. The summed E-state index contributed by atoms with van der Waals surface area (Å²) in [7, 11) is 0. The van der Waals surface area contributed by atoms with Crippen molar-refractivity contribution in [2.75, 3.05) is 9.80 Å². The highest BCUT2D eigenvalue weighted by Gasteiger charge is 2.59. The summed E-state index contributed by atoms with van der Waals surface area (Å²) in [6, 6.07) is 28.3. The molecule has 0 N–H and O–H groups in total. The van der Waals surface area contributed by atoms with Crippen LogP contribution in [0.15, 0.2) is 105 Å². The molecular formula is C36H28Br2Cl2N4O2. The molecule has 2 amide bonds. The Kier molecular flexibility index (Phi) is 7.51. The number of carbonyl (C=O) groups excluding carboxylic acids is 2. The van der Waals surface area contributed by atoms with Crippen LogP contribution in [0.2, 0.25) is 10.0 Å². The number of carbonyl (C=O) groups is 2. The number of fused-ring (bicyclic) bond motifs is 3. The predicted molar refractivity (Wildman–Crippen MR) is 194 cm³/mol. The molecule has 1 aromatic heterocycles. The summed E-state index contributed by atoms with van der Waals surface area (Å²) in [5, 5.41) is 1.87. The smallest absolute Gasteiger partial charge is 0.243 e. The van der Waals surface area contributed by atoms with E-state index in [4.69, 9.17) is 28.2 Å². The van der Waals surface area contributed by atoms with Crippen LogP contribution in [-0.4, -0.2) is 22.1 Å². The minimum atomic E-state index is -1.07. The molecule has 1 atom stereocenters. The van der Waals surface area contributed by atoms with Gasteiger partial charge in [-0.2, -0.15) is 0 Å². The highest BCUT2D eigenvalue weighted by atomic mass is 79.9. The maximum Gasteiger partial charge on any atom is 0.243 e. The number of rotatable bonds is 4. The number of aliphatic imine (C=N–C) groups is 1. The Bertz CT molecular complexity index is 2090. The maximum atomic E-state index is 14.7. The zero-order valence-electron chi connectivity index (χ0n) is 25.4. The summed E-state index contributed by atoms with van der Waals surface area (Å²) in [4.78, 5) is 37.4. The Balaban J connectivity index is 1.61. The van der Waals surface area contributed by atoms with Gasteiger partial charge in [-0.05, 0) is 119 Å². The first-order valence-corrected chi connectivity index (χ1v) is 17.0. The Labute approximate surface area is 293 Å². The molecule has 46 heavy (non-hydrogen) atoms. The first-order chi connectivity index (χ1) is 21.8. The molecule has 6 nitrogen and oxygen atoms in total. The number of amides is 2. The van der Waals surface area contributed by atoms with Gasteiger partial charge >= 0.3 is 0 Å². The molecule has 0 aliphatic carbocycles. The Morgan fingerprint density at radius 2 is 1.28 bits per heavy atom. The first-order valence-electron chi connectivity index (χ1n) is 14.7. The molecule has 1 saturated heterocycles. The van der Waals surface area contributed by atoms with Crippen LogP contribution >= 0.6 is 55.1 Å². The van der Waals surface area contributed by atoms with Crippen molar-refractivity contribution in [1.29, 1.82) is 0 Å². The fourth-order valence-corrected chi connectivity index (χ4v) is 7.34. The predicted octanol–water partition coefficient (Wildman–Crippen LogP) is 10.9. The fourth-order valence-electron chi connectivity index (χ4n) is 6.52. The average molecular weight is 779 g/mol. The molecule has 232 valence electrons. The van der Waals surface area contributed by atoms with E-state index in [-0.39, 0.29) is 11.8 Å². The number of anilines is 3. The van der Waals surface area contributed by atoms with Crippen LogP contribution in [0, 0.1) is 10.8 Å². The second-order valence-electron chi connectivity index (χ2n) is 12.7. The van der Waals surface area contributed by atoms with Crippen molar-refractivity contribution in [3.05, 3.63) is 116 Å². The van der Waals surface area contributed by atoms with E-state index in [1.54, 1.807) is 17.0 Å². The molecule has 0 saturated carbocycles. The number of hydrogen-bond acceptors (Lipinski definition) is 3. The highest BCUT2D eigenvalue weighted by Crippen LogP contribution is 2.55. The molecule has 0 radical (unpaired) electrons. The lowest BCUT2D eigenvalue weighted by Gasteiger charge is -2.54. The van der Waals surface area contributed by atoms with Gasteiger partial charge in [-0.15, -0.1) is 0 Å². The highest BCUT2D eigenvalue weighted by molar-refractivity contribution is 9.10. The quantitative estimate of drug-likeness (QED) is 0.171. The van der Waals surface area contributed by atoms with Crippen molar-refractivity contribution < 1.29 is 9.59 Å². The minimum absolute atomic E-state index is 0.00325. The monoisotopic (exact) mass is 776 g/mol. The van der Waals surface area contributed by atoms with Crippen LogP contribution in [0.1, 0.15) is 39.6 Å². The van der Waals surface area contributed by atoms with Gasteiger partial charge in [0.05, 0.1) is 39.1 Å². The molecule has 0 bridgehead atoms. The number of nitrogens with zero attached hydrogens (tertiary/aromatic N) is 4. The van der Waals surface area contributed by atoms with E-state index in [1.165, 1.54) is 0 Å². The van der Waals surface area contributed by atoms with Gasteiger partial charge in [-0.3, -0.25) is 24.4 Å². The topological polar surface area (TPSA) is 57.9 Å². The van der Waals surface area contributed by atoms with Crippen molar-refractivity contribution in [3.8, 4) is 0 Å². The van der Waals surface area contributed by atoms with Crippen LogP contribution in [0.25, 0.3) is 10.9 Å². The molecule has 3 heterocycles. The molecule has 2 aliphatic rings. The van der Waals surface area contributed by atoms with Crippen molar-refractivity contribution >= 4 is 106 Å². The molecule has 0 unspecified atom stereocenters. The molecular weight excluding hydrogens is 751 g/mol. The first kappa shape index (κ1) is 31.2. The second-order valence-corrected chi connectivity index (χ2v) is 15.4. The Hall–Kier alpha value is -3.43. The van der Waals surface area contributed by atoms with Crippen LogP contribution in [0.3, 0.4) is 0 Å². The third kappa shape index (κ3) is 4.76. The average Bonchev–Trinajstić information content (AvgIpc) is 3.32. The Morgan fingerprint density at radius 3 is 1.91 bits per heavy atom. The number of hydrogen-bond donors (Lipinski definition) is 0. The lowest BCUT2D eigenvalue weighted by atomic mass is 9.76. The van der Waals surface area contributed by atoms with E-state index >= 15 is 0 Å². The van der Waals surface area contributed by atoms with Gasteiger partial charge < -0.3 is 4.57 Å². The van der Waals surface area contributed by atoms with Gasteiger partial charge in [0.15, 0.2) is 0 Å². The lowest BCUT2D eigenvalue weighted by molar-refractivity contribution is -0.140. The summed E-state index contributed by atoms with van der Waals surface area (Å²) in [6.45, 7) is 7.73. The van der Waals surface area contributed by atoms with E-state index < -0.39 is 17.0 Å².